The molecule has 0 amide bonds. The van der Waals surface area contributed by atoms with Crippen LogP contribution in [0.15, 0.2) is 22.7 Å². The van der Waals surface area contributed by atoms with Gasteiger partial charge in [0.15, 0.2) is 0 Å². The number of halogens is 5. The Balaban J connectivity index is 3.13. The largest absolute Gasteiger partial charge is 0.417 e. The first-order valence-corrected chi connectivity index (χ1v) is 4.16. The Bertz CT molecular complexity index is 306. The molecule has 0 bridgehead atoms. The smallest absolute Gasteiger partial charge is 0.246 e. The number of hydrogen-bond acceptors (Lipinski definition) is 0. The van der Waals surface area contributed by atoms with Crippen LogP contribution in [-0.2, 0) is 12.9 Å². The minimum absolute atomic E-state index is 0.129. The highest BCUT2D eigenvalue weighted by Crippen LogP contribution is 2.35. The van der Waals surface area contributed by atoms with Crippen molar-refractivity contribution in [3.05, 3.63) is 33.8 Å². The summed E-state index contributed by atoms with van der Waals surface area (Å²) in [6, 6.07) is 3.11. The number of alkyl halides is 4. The number of rotatable bonds is 1. The van der Waals surface area contributed by atoms with Crippen LogP contribution in [0, 0.1) is 0 Å². The van der Waals surface area contributed by atoms with Gasteiger partial charge >= 0.3 is 6.18 Å². The maximum absolute atomic E-state index is 12.2. The first-order chi connectivity index (χ1) is 5.95. The maximum atomic E-state index is 12.2. The Morgan fingerprint density at radius 1 is 1.23 bits per heavy atom. The van der Waals surface area contributed by atoms with E-state index in [9.17, 15) is 17.6 Å². The molecule has 5 heteroatoms. The quantitative estimate of drug-likeness (QED) is 0.668. The molecule has 13 heavy (non-hydrogen) atoms. The van der Waals surface area contributed by atoms with Gasteiger partial charge in [0.25, 0.3) is 0 Å². The molecule has 0 unspecified atom stereocenters. The Labute approximate surface area is 80.7 Å². The third-order valence-electron chi connectivity index (χ3n) is 1.49. The first-order valence-electron chi connectivity index (χ1n) is 3.36. The summed E-state index contributed by atoms with van der Waals surface area (Å²) < 4.78 is 48.4. The van der Waals surface area contributed by atoms with Crippen molar-refractivity contribution in [2.24, 2.45) is 0 Å². The zero-order valence-electron chi connectivity index (χ0n) is 6.33. The summed E-state index contributed by atoms with van der Waals surface area (Å²) in [7, 11) is 0. The van der Waals surface area contributed by atoms with Crippen molar-refractivity contribution in [3.63, 3.8) is 0 Å². The summed E-state index contributed by atoms with van der Waals surface area (Å²) in [5, 5.41) is 0. The van der Waals surface area contributed by atoms with Gasteiger partial charge in [0, 0.05) is 4.47 Å². The van der Waals surface area contributed by atoms with Gasteiger partial charge in [0.05, 0.1) is 5.56 Å². The third kappa shape index (κ3) is 2.43. The van der Waals surface area contributed by atoms with Gasteiger partial charge in [-0.3, -0.25) is 0 Å². The van der Waals surface area contributed by atoms with Gasteiger partial charge in [0.1, 0.15) is 6.67 Å². The summed E-state index contributed by atoms with van der Waals surface area (Å²) in [4.78, 5) is 0. The van der Waals surface area contributed by atoms with E-state index in [1.807, 2.05) is 0 Å². The lowest BCUT2D eigenvalue weighted by Gasteiger charge is -2.09. The van der Waals surface area contributed by atoms with Crippen molar-refractivity contribution in [1.29, 1.82) is 0 Å². The van der Waals surface area contributed by atoms with Gasteiger partial charge in [-0.15, -0.1) is 0 Å². The molecule has 0 aliphatic carbocycles. The summed E-state index contributed by atoms with van der Waals surface area (Å²) in [6.07, 6.45) is -4.40. The molecule has 0 aliphatic heterocycles. The Morgan fingerprint density at radius 2 is 1.85 bits per heavy atom. The van der Waals surface area contributed by atoms with Crippen LogP contribution in [0.25, 0.3) is 0 Å². The Hall–Kier alpha value is -0.580. The maximum Gasteiger partial charge on any atom is 0.417 e. The predicted molar refractivity (Wildman–Crippen MR) is 44.0 cm³/mol. The van der Waals surface area contributed by atoms with E-state index in [1.54, 1.807) is 0 Å². The molecule has 0 aliphatic rings. The minimum Gasteiger partial charge on any atom is -0.246 e. The van der Waals surface area contributed by atoms with E-state index >= 15 is 0 Å². The molecule has 0 saturated heterocycles. The van der Waals surface area contributed by atoms with E-state index in [-0.39, 0.29) is 10.0 Å². The van der Waals surface area contributed by atoms with Crippen molar-refractivity contribution >= 4 is 15.9 Å². The summed E-state index contributed by atoms with van der Waals surface area (Å²) in [5.74, 6) is 0. The molecule has 0 heterocycles. The SMILES string of the molecule is FCc1ccc(C(F)(F)F)c(Br)c1. The number of benzene rings is 1. The molecule has 0 nitrogen and oxygen atoms in total. The monoisotopic (exact) mass is 256 g/mol. The van der Waals surface area contributed by atoms with Gasteiger partial charge in [-0.25, -0.2) is 4.39 Å². The molecule has 72 valence electrons. The normalized spacial score (nSPS) is 11.8. The van der Waals surface area contributed by atoms with E-state index in [0.29, 0.717) is 0 Å². The van der Waals surface area contributed by atoms with Crippen LogP contribution in [0.3, 0.4) is 0 Å². The second-order valence-electron chi connectivity index (χ2n) is 2.45. The van der Waals surface area contributed by atoms with Crippen LogP contribution in [0.4, 0.5) is 17.6 Å². The first kappa shape index (κ1) is 10.5. The predicted octanol–water partition coefficient (Wildman–Crippen LogP) is 3.94. The van der Waals surface area contributed by atoms with Crippen LogP contribution in [0.2, 0.25) is 0 Å². The fraction of sp³-hybridized carbons (Fsp3) is 0.250. The topological polar surface area (TPSA) is 0 Å². The second kappa shape index (κ2) is 3.65. The van der Waals surface area contributed by atoms with Gasteiger partial charge < -0.3 is 0 Å². The molecule has 0 radical (unpaired) electrons. The van der Waals surface area contributed by atoms with Crippen LogP contribution < -0.4 is 0 Å². The summed E-state index contributed by atoms with van der Waals surface area (Å²) >= 11 is 2.74. The molecule has 1 rings (SSSR count). The van der Waals surface area contributed by atoms with Crippen LogP contribution in [-0.4, -0.2) is 0 Å². The lowest BCUT2D eigenvalue weighted by molar-refractivity contribution is -0.138. The minimum atomic E-state index is -4.40. The Morgan fingerprint density at radius 3 is 2.23 bits per heavy atom. The molecule has 0 aromatic heterocycles. The van der Waals surface area contributed by atoms with Crippen LogP contribution in [0.5, 0.6) is 0 Å². The van der Waals surface area contributed by atoms with Gasteiger partial charge in [-0.2, -0.15) is 13.2 Å². The Kier molecular flexibility index (Phi) is 2.95. The van der Waals surface area contributed by atoms with Crippen LogP contribution >= 0.6 is 15.9 Å². The molecule has 0 atom stereocenters. The molecule has 0 fully saturated rings. The number of hydrogen-bond donors (Lipinski definition) is 0. The van der Waals surface area contributed by atoms with Crippen molar-refractivity contribution < 1.29 is 17.6 Å². The van der Waals surface area contributed by atoms with Crippen molar-refractivity contribution in [2.75, 3.05) is 0 Å². The van der Waals surface area contributed by atoms with E-state index in [4.69, 9.17) is 0 Å². The molecular formula is C8H5BrF4. The standard InChI is InChI=1S/C8H5BrF4/c9-7-3-5(4-10)1-2-6(7)8(11,12)13/h1-3H,4H2. The third-order valence-corrected chi connectivity index (χ3v) is 2.15. The second-order valence-corrected chi connectivity index (χ2v) is 3.30. The fourth-order valence-corrected chi connectivity index (χ4v) is 1.52. The summed E-state index contributed by atoms with van der Waals surface area (Å²) in [5.41, 5.74) is -0.565. The molecule has 1 aromatic rings. The van der Waals surface area contributed by atoms with E-state index in [2.05, 4.69) is 15.9 Å². The van der Waals surface area contributed by atoms with Crippen molar-refractivity contribution in [1.82, 2.24) is 0 Å². The van der Waals surface area contributed by atoms with E-state index < -0.39 is 18.4 Å². The fourth-order valence-electron chi connectivity index (χ4n) is 0.872. The summed E-state index contributed by atoms with van der Waals surface area (Å²) in [6.45, 7) is -0.767. The zero-order chi connectivity index (χ0) is 10.1. The molecular weight excluding hydrogens is 252 g/mol. The average molecular weight is 257 g/mol. The van der Waals surface area contributed by atoms with Gasteiger partial charge in [-0.1, -0.05) is 22.0 Å². The average Bonchev–Trinajstić information content (AvgIpc) is 2.01. The van der Waals surface area contributed by atoms with Crippen molar-refractivity contribution in [2.45, 2.75) is 12.9 Å². The van der Waals surface area contributed by atoms with E-state index in [0.717, 1.165) is 18.2 Å². The van der Waals surface area contributed by atoms with Gasteiger partial charge in [-0.05, 0) is 17.7 Å². The van der Waals surface area contributed by atoms with Crippen molar-refractivity contribution in [3.8, 4) is 0 Å². The molecule has 0 N–H and O–H groups in total. The van der Waals surface area contributed by atoms with Crippen LogP contribution in [0.1, 0.15) is 11.1 Å². The lowest BCUT2D eigenvalue weighted by atomic mass is 10.1. The zero-order valence-corrected chi connectivity index (χ0v) is 7.91. The molecule has 1 aromatic carbocycles. The molecule has 0 spiro atoms. The highest BCUT2D eigenvalue weighted by molar-refractivity contribution is 9.10. The highest BCUT2D eigenvalue weighted by atomic mass is 79.9. The van der Waals surface area contributed by atoms with Gasteiger partial charge in [0.2, 0.25) is 0 Å². The van der Waals surface area contributed by atoms with E-state index in [1.165, 1.54) is 0 Å². The molecule has 0 saturated carbocycles. The highest BCUT2D eigenvalue weighted by Gasteiger charge is 2.32. The lowest BCUT2D eigenvalue weighted by Crippen LogP contribution is -2.05.